The summed E-state index contributed by atoms with van der Waals surface area (Å²) in [4.78, 5) is 19.0. The van der Waals surface area contributed by atoms with E-state index in [2.05, 4.69) is 4.98 Å². The highest BCUT2D eigenvalue weighted by molar-refractivity contribution is 6.18. The molecule has 110 valence electrons. The van der Waals surface area contributed by atoms with Crippen molar-refractivity contribution in [3.05, 3.63) is 42.1 Å². The van der Waals surface area contributed by atoms with Crippen LogP contribution >= 0.6 is 11.6 Å². The van der Waals surface area contributed by atoms with E-state index >= 15 is 0 Å². The first-order valence-corrected chi connectivity index (χ1v) is 7.56. The van der Waals surface area contributed by atoms with Crippen LogP contribution in [0.3, 0.4) is 0 Å². The Morgan fingerprint density at radius 1 is 1.43 bits per heavy atom. The van der Waals surface area contributed by atoms with E-state index in [0.29, 0.717) is 24.6 Å². The lowest BCUT2D eigenvalue weighted by molar-refractivity contribution is -0.0371. The third-order valence-corrected chi connectivity index (χ3v) is 4.16. The molecule has 5 heteroatoms. The number of aromatic nitrogens is 1. The zero-order valence-corrected chi connectivity index (χ0v) is 12.6. The van der Waals surface area contributed by atoms with Crippen LogP contribution in [0.2, 0.25) is 0 Å². The van der Waals surface area contributed by atoms with E-state index < -0.39 is 0 Å². The first-order chi connectivity index (χ1) is 10.2. The Hall–Kier alpha value is -1.65. The molecule has 3 rings (SSSR count). The van der Waals surface area contributed by atoms with Gasteiger partial charge >= 0.3 is 0 Å². The average molecular weight is 305 g/mol. The molecule has 2 atom stereocenters. The van der Waals surface area contributed by atoms with Crippen LogP contribution in [0.5, 0.6) is 0 Å². The number of rotatable bonds is 2. The summed E-state index contributed by atoms with van der Waals surface area (Å²) in [5.41, 5.74) is 1.51. The van der Waals surface area contributed by atoms with Gasteiger partial charge in [-0.25, -0.2) is 0 Å². The van der Waals surface area contributed by atoms with Crippen LogP contribution in [-0.4, -0.2) is 47.0 Å². The Kier molecular flexibility index (Phi) is 4.08. The second-order valence-electron chi connectivity index (χ2n) is 5.29. The number of amides is 1. The summed E-state index contributed by atoms with van der Waals surface area (Å²) >= 11 is 5.87. The van der Waals surface area contributed by atoms with Gasteiger partial charge in [0.25, 0.3) is 5.91 Å². The minimum atomic E-state index is -0.0973. The number of nitrogens with zero attached hydrogens (tertiary/aromatic N) is 2. The Morgan fingerprint density at radius 3 is 3.10 bits per heavy atom. The maximum absolute atomic E-state index is 12.9. The van der Waals surface area contributed by atoms with Gasteiger partial charge in [0.1, 0.15) is 0 Å². The van der Waals surface area contributed by atoms with Gasteiger partial charge < -0.3 is 9.64 Å². The number of benzene rings is 1. The Labute approximate surface area is 128 Å². The largest absolute Gasteiger partial charge is 0.373 e. The van der Waals surface area contributed by atoms with Crippen molar-refractivity contribution in [3.63, 3.8) is 0 Å². The fourth-order valence-electron chi connectivity index (χ4n) is 2.64. The first-order valence-electron chi connectivity index (χ1n) is 7.03. The molecule has 0 spiro atoms. The molecule has 1 saturated heterocycles. The highest BCUT2D eigenvalue weighted by Gasteiger charge is 2.30. The molecule has 1 aliphatic rings. The lowest BCUT2D eigenvalue weighted by Crippen LogP contribution is -2.51. The van der Waals surface area contributed by atoms with Crippen LogP contribution in [0, 0.1) is 0 Å². The summed E-state index contributed by atoms with van der Waals surface area (Å²) in [6.07, 6.45) is 1.64. The predicted octanol–water partition coefficient (Wildman–Crippen LogP) is 2.70. The van der Waals surface area contributed by atoms with Gasteiger partial charge in [-0.1, -0.05) is 12.1 Å². The molecule has 0 saturated carbocycles. The summed E-state index contributed by atoms with van der Waals surface area (Å²) in [6, 6.07) is 9.46. The van der Waals surface area contributed by atoms with Crippen LogP contribution < -0.4 is 0 Å². The second kappa shape index (κ2) is 6.00. The van der Waals surface area contributed by atoms with Gasteiger partial charge in [-0.3, -0.25) is 9.78 Å². The zero-order chi connectivity index (χ0) is 14.8. The van der Waals surface area contributed by atoms with E-state index in [-0.39, 0.29) is 18.1 Å². The molecule has 2 aromatic rings. The number of alkyl halides is 1. The molecular formula is C16H17ClN2O2. The molecule has 1 amide bonds. The molecule has 0 aliphatic carbocycles. The van der Waals surface area contributed by atoms with E-state index in [0.717, 1.165) is 10.9 Å². The zero-order valence-electron chi connectivity index (χ0n) is 11.8. The number of halogens is 1. The molecule has 21 heavy (non-hydrogen) atoms. The van der Waals surface area contributed by atoms with Crippen LogP contribution in [0.4, 0.5) is 0 Å². The van der Waals surface area contributed by atoms with Gasteiger partial charge in [-0.15, -0.1) is 11.6 Å². The molecule has 0 N–H and O–H groups in total. The number of morpholine rings is 1. The molecule has 0 bridgehead atoms. The van der Waals surface area contributed by atoms with E-state index in [1.165, 1.54) is 0 Å². The van der Waals surface area contributed by atoms with Gasteiger partial charge in [-0.2, -0.15) is 0 Å². The van der Waals surface area contributed by atoms with Crippen molar-refractivity contribution in [2.24, 2.45) is 0 Å². The molecule has 1 aromatic carbocycles. The Morgan fingerprint density at radius 2 is 2.29 bits per heavy atom. The SMILES string of the molecule is CC1COC(CCl)CN1C(=O)c1cccc2ncccc12. The van der Waals surface area contributed by atoms with E-state index in [9.17, 15) is 4.79 Å². The maximum Gasteiger partial charge on any atom is 0.254 e. The van der Waals surface area contributed by atoms with Gasteiger partial charge in [0.05, 0.1) is 30.1 Å². The van der Waals surface area contributed by atoms with Gasteiger partial charge in [-0.05, 0) is 25.1 Å². The third kappa shape index (κ3) is 2.74. The van der Waals surface area contributed by atoms with Crippen molar-refractivity contribution in [2.45, 2.75) is 19.1 Å². The Balaban J connectivity index is 1.96. The molecule has 4 nitrogen and oxygen atoms in total. The maximum atomic E-state index is 12.9. The van der Waals surface area contributed by atoms with Crippen LogP contribution in [0.15, 0.2) is 36.5 Å². The summed E-state index contributed by atoms with van der Waals surface area (Å²) in [5, 5.41) is 0.881. The molecule has 1 fully saturated rings. The number of hydrogen-bond acceptors (Lipinski definition) is 3. The quantitative estimate of drug-likeness (QED) is 0.801. The lowest BCUT2D eigenvalue weighted by atomic mass is 10.1. The van der Waals surface area contributed by atoms with Crippen LogP contribution in [0.25, 0.3) is 10.9 Å². The van der Waals surface area contributed by atoms with Crippen molar-refractivity contribution in [1.29, 1.82) is 0 Å². The summed E-state index contributed by atoms with van der Waals surface area (Å²) in [5.74, 6) is 0.410. The summed E-state index contributed by atoms with van der Waals surface area (Å²) in [7, 11) is 0. The van der Waals surface area contributed by atoms with E-state index in [4.69, 9.17) is 16.3 Å². The smallest absolute Gasteiger partial charge is 0.254 e. The highest BCUT2D eigenvalue weighted by Crippen LogP contribution is 2.21. The van der Waals surface area contributed by atoms with Crippen molar-refractivity contribution in [2.75, 3.05) is 19.0 Å². The number of fused-ring (bicyclic) bond motifs is 1. The topological polar surface area (TPSA) is 42.4 Å². The molecule has 1 aliphatic heterocycles. The van der Waals surface area contributed by atoms with Crippen LogP contribution in [-0.2, 0) is 4.74 Å². The number of carbonyl (C=O) groups is 1. The van der Waals surface area contributed by atoms with E-state index in [1.54, 1.807) is 6.20 Å². The molecule has 2 unspecified atom stereocenters. The molecular weight excluding hydrogens is 288 g/mol. The van der Waals surface area contributed by atoms with Crippen molar-refractivity contribution < 1.29 is 9.53 Å². The number of ether oxygens (including phenoxy) is 1. The van der Waals surface area contributed by atoms with Crippen molar-refractivity contribution >= 4 is 28.4 Å². The van der Waals surface area contributed by atoms with E-state index in [1.807, 2.05) is 42.2 Å². The number of hydrogen-bond donors (Lipinski definition) is 0. The monoisotopic (exact) mass is 304 g/mol. The third-order valence-electron chi connectivity index (χ3n) is 3.81. The minimum absolute atomic E-state index is 0.0134. The molecule has 1 aromatic heterocycles. The highest BCUT2D eigenvalue weighted by atomic mass is 35.5. The van der Waals surface area contributed by atoms with Crippen molar-refractivity contribution in [3.8, 4) is 0 Å². The fourth-order valence-corrected chi connectivity index (χ4v) is 2.82. The average Bonchev–Trinajstić information content (AvgIpc) is 2.54. The predicted molar refractivity (Wildman–Crippen MR) is 82.7 cm³/mol. The number of carbonyl (C=O) groups excluding carboxylic acids is 1. The van der Waals surface area contributed by atoms with Crippen LogP contribution in [0.1, 0.15) is 17.3 Å². The fraction of sp³-hybridized carbons (Fsp3) is 0.375. The molecule has 2 heterocycles. The summed E-state index contributed by atoms with van der Waals surface area (Å²) < 4.78 is 5.60. The number of pyridine rings is 1. The van der Waals surface area contributed by atoms with Crippen molar-refractivity contribution in [1.82, 2.24) is 9.88 Å². The normalized spacial score (nSPS) is 22.5. The first kappa shape index (κ1) is 14.3. The lowest BCUT2D eigenvalue weighted by Gasteiger charge is -2.37. The minimum Gasteiger partial charge on any atom is -0.373 e. The standard InChI is InChI=1S/C16H17ClN2O2/c1-11-10-21-12(8-17)9-19(11)16(20)14-4-2-6-15-13(14)5-3-7-18-15/h2-7,11-12H,8-10H2,1H3. The van der Waals surface area contributed by atoms with Gasteiger partial charge in [0, 0.05) is 23.7 Å². The Bertz CT molecular complexity index is 656. The second-order valence-corrected chi connectivity index (χ2v) is 5.60. The summed E-state index contributed by atoms with van der Waals surface area (Å²) in [6.45, 7) is 3.04. The van der Waals surface area contributed by atoms with Gasteiger partial charge in [0.2, 0.25) is 0 Å². The molecule has 0 radical (unpaired) electrons. The van der Waals surface area contributed by atoms with Gasteiger partial charge in [0.15, 0.2) is 0 Å².